The monoisotopic (exact) mass is 365 g/mol. The topological polar surface area (TPSA) is 43.8 Å². The van der Waals surface area contributed by atoms with E-state index in [0.29, 0.717) is 4.90 Å². The molecular formula is C22H28N2O2. The fourth-order valence-corrected chi connectivity index (χ4v) is 2.92. The smallest absolute Gasteiger partial charge is 0.226 e. The summed E-state index contributed by atoms with van der Waals surface area (Å²) in [6.07, 6.45) is -6.45. The molecule has 1 heterocycles. The zero-order chi connectivity index (χ0) is 29.7. The third-order valence-corrected chi connectivity index (χ3v) is 4.19. The van der Waals surface area contributed by atoms with Gasteiger partial charge in [0.25, 0.3) is 0 Å². The highest BCUT2D eigenvalue weighted by Crippen LogP contribution is 2.25. The lowest BCUT2D eigenvalue weighted by molar-refractivity contribution is -0.119. The van der Waals surface area contributed by atoms with Crippen LogP contribution in [0.15, 0.2) is 60.5 Å². The van der Waals surface area contributed by atoms with Crippen LogP contribution in [0.5, 0.6) is 0 Å². The van der Waals surface area contributed by atoms with Crippen molar-refractivity contribution in [3.05, 3.63) is 66.1 Å². The Morgan fingerprint density at radius 2 is 2.04 bits per heavy atom. The van der Waals surface area contributed by atoms with Gasteiger partial charge in [-0.3, -0.25) is 4.79 Å². The molecule has 3 rings (SSSR count). The lowest BCUT2D eigenvalue weighted by atomic mass is 10.0. The summed E-state index contributed by atoms with van der Waals surface area (Å²) >= 11 is 0. The molecule has 1 aliphatic rings. The molecule has 138 valence electrons. The third-order valence-electron chi connectivity index (χ3n) is 4.19. The van der Waals surface area contributed by atoms with Crippen molar-refractivity contribution in [3.63, 3.8) is 0 Å². The molecule has 1 saturated heterocycles. The Bertz CT molecular complexity index is 1200. The number of benzene rings is 2. The van der Waals surface area contributed by atoms with Crippen LogP contribution in [-0.4, -0.2) is 41.5 Å². The number of rotatable bonds is 6. The summed E-state index contributed by atoms with van der Waals surface area (Å²) in [5.41, 5.74) is -0.680. The molecule has 1 aliphatic heterocycles. The number of carbonyl (C=O) groups excluding carboxylic acids is 1. The van der Waals surface area contributed by atoms with Crippen molar-refractivity contribution >= 4 is 11.6 Å². The van der Waals surface area contributed by atoms with Gasteiger partial charge in [-0.2, -0.15) is 0 Å². The van der Waals surface area contributed by atoms with Crippen LogP contribution in [0.2, 0.25) is 0 Å². The molecule has 2 aromatic rings. The van der Waals surface area contributed by atoms with Gasteiger partial charge < -0.3 is 14.9 Å². The predicted octanol–water partition coefficient (Wildman–Crippen LogP) is 3.63. The Kier molecular flexibility index (Phi) is 2.84. The largest absolute Gasteiger partial charge is 0.387 e. The van der Waals surface area contributed by atoms with E-state index in [2.05, 4.69) is 0 Å². The number of para-hydroxylation sites is 1. The number of anilines is 1. The standard InChI is InChI=1S/C22H28N2O2/c1-2-22(26)24(19-11-7-4-8-12-19)20-13-15-23(16-14-20)17-21(25)18-9-5-3-6-10-18/h3-12,20-21,25H,2,13-17H2,1H3/i1D3,2D2,4D,7D,8D,11D,12D,17D2,21D. The van der Waals surface area contributed by atoms with E-state index in [9.17, 15) is 9.90 Å². The van der Waals surface area contributed by atoms with Gasteiger partial charge in [-0.25, -0.2) is 0 Å². The van der Waals surface area contributed by atoms with E-state index in [4.69, 9.17) is 17.8 Å². The average molecular weight is 366 g/mol. The summed E-state index contributed by atoms with van der Waals surface area (Å²) in [6.45, 7) is -6.45. The van der Waals surface area contributed by atoms with Gasteiger partial charge in [0.1, 0.15) is 0 Å². The van der Waals surface area contributed by atoms with Crippen LogP contribution in [0.1, 0.15) is 55.5 Å². The molecule has 26 heavy (non-hydrogen) atoms. The number of hydrogen-bond acceptors (Lipinski definition) is 3. The molecule has 0 spiro atoms. The second kappa shape index (κ2) is 8.97. The van der Waals surface area contributed by atoms with E-state index in [1.54, 1.807) is 18.2 Å². The molecule has 0 bridgehead atoms. The number of carbonyl (C=O) groups is 1. The highest BCUT2D eigenvalue weighted by molar-refractivity contribution is 5.93. The van der Waals surface area contributed by atoms with Crippen LogP contribution in [0.4, 0.5) is 5.69 Å². The number of nitrogens with zero attached hydrogens (tertiary/aromatic N) is 2. The zero-order valence-corrected chi connectivity index (χ0v) is 14.0. The van der Waals surface area contributed by atoms with Crippen molar-refractivity contribution in [2.45, 2.75) is 38.2 Å². The van der Waals surface area contributed by atoms with E-state index < -0.39 is 73.7 Å². The van der Waals surface area contributed by atoms with Crippen LogP contribution in [-0.2, 0) is 4.79 Å². The van der Waals surface area contributed by atoms with Crippen LogP contribution < -0.4 is 4.90 Å². The maximum absolute atomic E-state index is 13.4. The lowest BCUT2D eigenvalue weighted by Crippen LogP contribution is -2.48. The number of likely N-dealkylation sites (tertiary alicyclic amines) is 1. The van der Waals surface area contributed by atoms with Gasteiger partial charge in [-0.15, -0.1) is 0 Å². The molecule has 2 aromatic carbocycles. The van der Waals surface area contributed by atoms with Crippen LogP contribution in [0.3, 0.4) is 0 Å². The van der Waals surface area contributed by atoms with E-state index in [1.165, 1.54) is 12.1 Å². The maximum atomic E-state index is 13.4. The number of aliphatic hydroxyl groups is 1. The fraction of sp³-hybridized carbons (Fsp3) is 0.409. The minimum atomic E-state index is -3.48. The second-order valence-corrected chi connectivity index (χ2v) is 5.82. The normalized spacial score (nSPS) is 27.0. The van der Waals surface area contributed by atoms with Gasteiger partial charge in [0.2, 0.25) is 5.91 Å². The van der Waals surface area contributed by atoms with E-state index in [-0.39, 0.29) is 31.5 Å². The molecule has 1 N–H and O–H groups in total. The van der Waals surface area contributed by atoms with Crippen LogP contribution in [0.25, 0.3) is 0 Å². The molecule has 4 heteroatoms. The van der Waals surface area contributed by atoms with Gasteiger partial charge in [-0.05, 0) is 30.5 Å². The van der Waals surface area contributed by atoms with E-state index in [0.717, 1.165) is 4.90 Å². The summed E-state index contributed by atoms with van der Waals surface area (Å²) < 4.78 is 104. The van der Waals surface area contributed by atoms with Crippen molar-refractivity contribution in [2.24, 2.45) is 0 Å². The number of amides is 1. The van der Waals surface area contributed by atoms with Gasteiger partial charge in [-0.1, -0.05) is 55.3 Å². The first kappa shape index (κ1) is 8.24. The van der Waals surface area contributed by atoms with Crippen molar-refractivity contribution in [3.8, 4) is 0 Å². The van der Waals surface area contributed by atoms with Gasteiger partial charge >= 0.3 is 0 Å². The Balaban J connectivity index is 2.03. The number of β-amino-alcohol motifs (C(OH)–C–C–N with tert-alkyl or cyclic N) is 1. The molecule has 0 radical (unpaired) electrons. The lowest BCUT2D eigenvalue weighted by Gasteiger charge is -2.39. The minimum Gasteiger partial charge on any atom is -0.387 e. The minimum absolute atomic E-state index is 0.000990. The summed E-state index contributed by atoms with van der Waals surface area (Å²) in [5.74, 6) is -1.62. The van der Waals surface area contributed by atoms with Crippen molar-refractivity contribution < 1.29 is 27.7 Å². The Labute approximate surface area is 174 Å². The second-order valence-electron chi connectivity index (χ2n) is 5.82. The molecule has 4 nitrogen and oxygen atoms in total. The fourth-order valence-electron chi connectivity index (χ4n) is 2.92. The molecule has 1 fully saturated rings. The van der Waals surface area contributed by atoms with Crippen molar-refractivity contribution in [1.29, 1.82) is 0 Å². The van der Waals surface area contributed by atoms with Gasteiger partial charge in [0.15, 0.2) is 0 Å². The molecule has 0 aromatic heterocycles. The first-order chi connectivity index (χ1) is 17.8. The SMILES string of the molecule is [2H]c1c([2H])c([2H])c(N(C(=O)C([2H])([2H])C([2H])([2H])[2H])C2CCN(C([2H])([2H])C([2H])(O)c3ccccc3)CC2)c([2H])c1[2H]. The van der Waals surface area contributed by atoms with E-state index >= 15 is 0 Å². The number of piperidine rings is 1. The number of hydrogen-bond donors (Lipinski definition) is 1. The molecule has 1 atom stereocenters. The predicted molar refractivity (Wildman–Crippen MR) is 105 cm³/mol. The van der Waals surface area contributed by atoms with Crippen molar-refractivity contribution in [2.75, 3.05) is 24.5 Å². The maximum Gasteiger partial charge on any atom is 0.226 e. The summed E-state index contributed by atoms with van der Waals surface area (Å²) in [6, 6.07) is 2.45. The first-order valence-electron chi connectivity index (χ1n) is 14.7. The van der Waals surface area contributed by atoms with Crippen molar-refractivity contribution in [1.82, 2.24) is 4.90 Å². The molecular weight excluding hydrogens is 324 g/mol. The van der Waals surface area contributed by atoms with E-state index in [1.807, 2.05) is 0 Å². The quantitative estimate of drug-likeness (QED) is 0.850. The molecule has 1 unspecified atom stereocenters. The van der Waals surface area contributed by atoms with Gasteiger partial charge in [0, 0.05) is 47.3 Å². The summed E-state index contributed by atoms with van der Waals surface area (Å²) in [7, 11) is 0. The van der Waals surface area contributed by atoms with Gasteiger partial charge in [0.05, 0.1) is 14.3 Å². The molecule has 0 saturated carbocycles. The Morgan fingerprint density at radius 3 is 2.69 bits per heavy atom. The van der Waals surface area contributed by atoms with Crippen LogP contribution in [0, 0.1) is 0 Å². The first-order valence-corrected chi connectivity index (χ1v) is 8.22. The molecule has 0 aliphatic carbocycles. The zero-order valence-electron chi connectivity index (χ0n) is 27.0. The third kappa shape index (κ3) is 4.51. The highest BCUT2D eigenvalue weighted by atomic mass is 16.3. The summed E-state index contributed by atoms with van der Waals surface area (Å²) in [4.78, 5) is 15.2. The Morgan fingerprint density at radius 1 is 1.35 bits per heavy atom. The average Bonchev–Trinajstić information content (AvgIpc) is 2.88. The van der Waals surface area contributed by atoms with Crippen LogP contribution >= 0.6 is 0 Å². The Hall–Kier alpha value is -2.17. The molecule has 1 amide bonds. The summed E-state index contributed by atoms with van der Waals surface area (Å²) in [5, 5.41) is 10.8. The highest BCUT2D eigenvalue weighted by Gasteiger charge is 2.29.